The lowest BCUT2D eigenvalue weighted by Gasteiger charge is -2.09. The molecule has 0 bridgehead atoms. The first kappa shape index (κ1) is 22.5. The average molecular weight is 440 g/mol. The number of ether oxygens (including phenoxy) is 1. The van der Waals surface area contributed by atoms with Crippen LogP contribution in [0, 0.1) is 0 Å². The second-order valence-corrected chi connectivity index (χ2v) is 8.66. The molecule has 0 unspecified atom stereocenters. The van der Waals surface area contributed by atoms with Gasteiger partial charge in [-0.1, -0.05) is 25.5 Å². The summed E-state index contributed by atoms with van der Waals surface area (Å²) in [6.45, 7) is 2.80. The van der Waals surface area contributed by atoms with Crippen LogP contribution in [0.3, 0.4) is 0 Å². The van der Waals surface area contributed by atoms with Crippen LogP contribution < -0.4 is 14.8 Å². The number of hydrogen-bond acceptors (Lipinski definition) is 5. The number of rotatable bonds is 10. The minimum absolute atomic E-state index is 0.113. The van der Waals surface area contributed by atoms with E-state index >= 15 is 0 Å². The molecule has 0 aliphatic heterocycles. The Bertz CT molecular complexity index is 1080. The van der Waals surface area contributed by atoms with Crippen molar-refractivity contribution in [3.63, 3.8) is 0 Å². The van der Waals surface area contributed by atoms with E-state index in [2.05, 4.69) is 21.9 Å². The SMILES string of the molecule is CCCCOc1ccc(S(=O)(=O)NCc2ccc(C(=O)Nc3cccnc3)cc2)cc1. The summed E-state index contributed by atoms with van der Waals surface area (Å²) in [4.78, 5) is 16.4. The highest BCUT2D eigenvalue weighted by atomic mass is 32.2. The van der Waals surface area contributed by atoms with Gasteiger partial charge in [0.05, 0.1) is 23.4 Å². The Hall–Kier alpha value is -3.23. The van der Waals surface area contributed by atoms with E-state index in [0.717, 1.165) is 18.4 Å². The molecule has 2 N–H and O–H groups in total. The van der Waals surface area contributed by atoms with Gasteiger partial charge in [-0.15, -0.1) is 0 Å². The maximum atomic E-state index is 12.5. The molecular weight excluding hydrogens is 414 g/mol. The van der Waals surface area contributed by atoms with Crippen LogP contribution in [0.2, 0.25) is 0 Å². The van der Waals surface area contributed by atoms with Gasteiger partial charge in [0.1, 0.15) is 5.75 Å². The predicted octanol–water partition coefficient (Wildman–Crippen LogP) is 3.99. The van der Waals surface area contributed by atoms with E-state index in [4.69, 9.17) is 4.74 Å². The van der Waals surface area contributed by atoms with Crippen LogP contribution >= 0.6 is 0 Å². The number of unbranched alkanes of at least 4 members (excludes halogenated alkanes) is 1. The minimum atomic E-state index is -3.66. The van der Waals surface area contributed by atoms with E-state index in [1.54, 1.807) is 60.9 Å². The summed E-state index contributed by atoms with van der Waals surface area (Å²) in [5.74, 6) is 0.383. The standard InChI is InChI=1S/C23H25N3O4S/c1-2-3-15-30-21-10-12-22(13-11-21)31(28,29)25-16-18-6-8-19(9-7-18)23(27)26-20-5-4-14-24-17-20/h4-14,17,25H,2-3,15-16H2,1H3,(H,26,27). The van der Waals surface area contributed by atoms with Gasteiger partial charge in [0.15, 0.2) is 0 Å². The molecule has 0 radical (unpaired) electrons. The van der Waals surface area contributed by atoms with Gasteiger partial charge in [0.25, 0.3) is 5.91 Å². The van der Waals surface area contributed by atoms with E-state index < -0.39 is 10.0 Å². The van der Waals surface area contributed by atoms with Gasteiger partial charge in [-0.05, 0) is 60.5 Å². The summed E-state index contributed by atoms with van der Waals surface area (Å²) >= 11 is 0. The number of amides is 1. The summed E-state index contributed by atoms with van der Waals surface area (Å²) in [5, 5.41) is 2.75. The van der Waals surface area contributed by atoms with E-state index in [1.807, 2.05) is 0 Å². The van der Waals surface area contributed by atoms with E-state index in [-0.39, 0.29) is 17.3 Å². The van der Waals surface area contributed by atoms with E-state index in [1.165, 1.54) is 12.1 Å². The molecule has 7 nitrogen and oxygen atoms in total. The zero-order chi connectivity index (χ0) is 22.1. The summed E-state index contributed by atoms with van der Waals surface area (Å²) in [7, 11) is -3.66. The third-order valence-corrected chi connectivity index (χ3v) is 5.92. The number of sulfonamides is 1. The first-order valence-electron chi connectivity index (χ1n) is 10.0. The highest BCUT2D eigenvalue weighted by Gasteiger charge is 2.14. The maximum absolute atomic E-state index is 12.5. The Labute approximate surface area is 182 Å². The number of carbonyl (C=O) groups excluding carboxylic acids is 1. The van der Waals surface area contributed by atoms with E-state index in [0.29, 0.717) is 23.6 Å². The minimum Gasteiger partial charge on any atom is -0.494 e. The van der Waals surface area contributed by atoms with Crippen LogP contribution in [0.1, 0.15) is 35.7 Å². The lowest BCUT2D eigenvalue weighted by Crippen LogP contribution is -2.23. The molecule has 1 aromatic heterocycles. The van der Waals surface area contributed by atoms with Crippen LogP contribution in [0.5, 0.6) is 5.75 Å². The number of carbonyl (C=O) groups is 1. The number of anilines is 1. The van der Waals surface area contributed by atoms with Crippen LogP contribution in [-0.2, 0) is 16.6 Å². The number of pyridine rings is 1. The van der Waals surface area contributed by atoms with Crippen molar-refractivity contribution in [3.05, 3.63) is 84.2 Å². The Morgan fingerprint density at radius 2 is 1.77 bits per heavy atom. The fourth-order valence-corrected chi connectivity index (χ4v) is 3.74. The molecule has 3 rings (SSSR count). The Morgan fingerprint density at radius 3 is 2.42 bits per heavy atom. The van der Waals surface area contributed by atoms with Crippen molar-refractivity contribution in [2.24, 2.45) is 0 Å². The van der Waals surface area contributed by atoms with Gasteiger partial charge in [-0.3, -0.25) is 9.78 Å². The Balaban J connectivity index is 1.55. The molecule has 1 amide bonds. The molecule has 0 spiro atoms. The largest absolute Gasteiger partial charge is 0.494 e. The van der Waals surface area contributed by atoms with Gasteiger partial charge in [0.2, 0.25) is 10.0 Å². The van der Waals surface area contributed by atoms with Crippen molar-refractivity contribution in [3.8, 4) is 5.75 Å². The van der Waals surface area contributed by atoms with Gasteiger partial charge in [0, 0.05) is 18.3 Å². The predicted molar refractivity (Wildman–Crippen MR) is 120 cm³/mol. The van der Waals surface area contributed by atoms with Crippen molar-refractivity contribution in [1.82, 2.24) is 9.71 Å². The number of benzene rings is 2. The first-order chi connectivity index (χ1) is 15.0. The number of nitrogens with zero attached hydrogens (tertiary/aromatic N) is 1. The van der Waals surface area contributed by atoms with Crippen molar-refractivity contribution in [1.29, 1.82) is 0 Å². The third-order valence-electron chi connectivity index (χ3n) is 4.50. The molecule has 0 saturated carbocycles. The summed E-state index contributed by atoms with van der Waals surface area (Å²) < 4.78 is 33.2. The van der Waals surface area contributed by atoms with Crippen molar-refractivity contribution in [2.75, 3.05) is 11.9 Å². The Kier molecular flexibility index (Phi) is 7.75. The molecule has 8 heteroatoms. The molecule has 0 atom stereocenters. The maximum Gasteiger partial charge on any atom is 0.255 e. The lowest BCUT2D eigenvalue weighted by atomic mass is 10.1. The highest BCUT2D eigenvalue weighted by molar-refractivity contribution is 7.89. The zero-order valence-corrected chi connectivity index (χ0v) is 18.1. The van der Waals surface area contributed by atoms with Gasteiger partial charge in [-0.25, -0.2) is 13.1 Å². The van der Waals surface area contributed by atoms with Crippen molar-refractivity contribution < 1.29 is 17.9 Å². The second kappa shape index (κ2) is 10.7. The number of nitrogens with one attached hydrogen (secondary N) is 2. The Morgan fingerprint density at radius 1 is 1.03 bits per heavy atom. The molecule has 2 aromatic carbocycles. The molecule has 1 heterocycles. The first-order valence-corrected chi connectivity index (χ1v) is 11.5. The number of hydrogen-bond donors (Lipinski definition) is 2. The topological polar surface area (TPSA) is 97.4 Å². The third kappa shape index (κ3) is 6.63. The normalized spacial score (nSPS) is 11.1. The second-order valence-electron chi connectivity index (χ2n) is 6.89. The monoisotopic (exact) mass is 439 g/mol. The van der Waals surface area contributed by atoms with Crippen LogP contribution in [0.4, 0.5) is 5.69 Å². The molecular formula is C23H25N3O4S. The van der Waals surface area contributed by atoms with Crippen molar-refractivity contribution in [2.45, 2.75) is 31.2 Å². The highest BCUT2D eigenvalue weighted by Crippen LogP contribution is 2.17. The molecule has 0 saturated heterocycles. The smallest absolute Gasteiger partial charge is 0.255 e. The van der Waals surface area contributed by atoms with Crippen LogP contribution in [0.25, 0.3) is 0 Å². The fraction of sp³-hybridized carbons (Fsp3) is 0.217. The molecule has 162 valence electrons. The molecule has 0 aliphatic carbocycles. The zero-order valence-electron chi connectivity index (χ0n) is 17.2. The van der Waals surface area contributed by atoms with Crippen LogP contribution in [0.15, 0.2) is 78.0 Å². The summed E-state index contributed by atoms with van der Waals surface area (Å²) in [6, 6.07) is 16.6. The van der Waals surface area contributed by atoms with Crippen molar-refractivity contribution >= 4 is 21.6 Å². The summed E-state index contributed by atoms with van der Waals surface area (Å²) in [5.41, 5.74) is 1.81. The van der Waals surface area contributed by atoms with Gasteiger partial charge in [-0.2, -0.15) is 0 Å². The number of aromatic nitrogens is 1. The molecule has 3 aromatic rings. The lowest BCUT2D eigenvalue weighted by molar-refractivity contribution is 0.102. The van der Waals surface area contributed by atoms with Gasteiger partial charge < -0.3 is 10.1 Å². The summed E-state index contributed by atoms with van der Waals surface area (Å²) in [6.07, 6.45) is 5.17. The molecule has 31 heavy (non-hydrogen) atoms. The molecule has 0 aliphatic rings. The quantitative estimate of drug-likeness (QED) is 0.466. The average Bonchev–Trinajstić information content (AvgIpc) is 2.79. The van der Waals surface area contributed by atoms with E-state index in [9.17, 15) is 13.2 Å². The molecule has 0 fully saturated rings. The fourth-order valence-electron chi connectivity index (χ4n) is 2.72. The van der Waals surface area contributed by atoms with Gasteiger partial charge >= 0.3 is 0 Å². The van der Waals surface area contributed by atoms with Crippen LogP contribution in [-0.4, -0.2) is 25.9 Å².